The third-order valence-corrected chi connectivity index (χ3v) is 9.73. The second-order valence-corrected chi connectivity index (χ2v) is 9.55. The van der Waals surface area contributed by atoms with E-state index in [1.54, 1.807) is 30.9 Å². The van der Waals surface area contributed by atoms with Gasteiger partial charge in [0.25, 0.3) is 0 Å². The van der Waals surface area contributed by atoms with Gasteiger partial charge < -0.3 is 0 Å². The number of hydrogen-bond donors (Lipinski definition) is 0. The Bertz CT molecular complexity index is 585. The Morgan fingerprint density at radius 1 is 0.522 bits per heavy atom. The van der Waals surface area contributed by atoms with Crippen LogP contribution >= 0.6 is 24.8 Å². The maximum absolute atomic E-state index is 2.41. The molecule has 2 aliphatic carbocycles. The number of allylic oxidation sites excluding steroid dienone is 8. The summed E-state index contributed by atoms with van der Waals surface area (Å²) in [7, 11) is 0. The van der Waals surface area contributed by atoms with Gasteiger partial charge >= 0.3 is 138 Å². The van der Waals surface area contributed by atoms with Crippen LogP contribution in [-0.4, -0.2) is 0 Å². The van der Waals surface area contributed by atoms with Gasteiger partial charge in [0, 0.05) is 0 Å². The molecule has 0 atom stereocenters. The Morgan fingerprint density at radius 2 is 0.783 bits per heavy atom. The van der Waals surface area contributed by atoms with Gasteiger partial charge in [0.05, 0.1) is 0 Å². The molecule has 0 nitrogen and oxygen atoms in total. The van der Waals surface area contributed by atoms with Crippen molar-refractivity contribution in [2.24, 2.45) is 10.8 Å². The van der Waals surface area contributed by atoms with E-state index in [9.17, 15) is 0 Å². The van der Waals surface area contributed by atoms with Gasteiger partial charge in [-0.3, -0.25) is 0 Å². The summed E-state index contributed by atoms with van der Waals surface area (Å²) < 4.78 is 3.44. The molecule has 0 aromatic heterocycles. The minimum Gasteiger partial charge on any atom is -0.147 e. The molecule has 0 aliphatic heterocycles. The van der Waals surface area contributed by atoms with E-state index in [-0.39, 0.29) is 51.9 Å². The summed E-state index contributed by atoms with van der Waals surface area (Å²) in [6.07, 6.45) is 0. The van der Waals surface area contributed by atoms with E-state index >= 15 is 0 Å². The molecule has 0 bridgehead atoms. The Kier molecular flexibility index (Phi) is 7.20. The molecule has 0 saturated carbocycles. The first-order valence-corrected chi connectivity index (χ1v) is 9.34. The Morgan fingerprint density at radius 3 is 0.957 bits per heavy atom. The van der Waals surface area contributed by atoms with Gasteiger partial charge in [-0.25, -0.2) is 0 Å². The Balaban J connectivity index is 0.00000242. The van der Waals surface area contributed by atoms with Crippen LogP contribution in [0.25, 0.3) is 0 Å². The summed E-state index contributed by atoms with van der Waals surface area (Å²) in [6, 6.07) is 0. The van der Waals surface area contributed by atoms with Gasteiger partial charge in [-0.1, -0.05) is 0 Å². The third-order valence-electron chi connectivity index (χ3n) is 6.24. The SMILES string of the molecule is CC1=C(C)C(C)(C)[C]([V][C]2=C(C)C(C)=C(C)C2(C)C)=C1C.Cl.Cl. The Hall–Kier alpha value is 0.124. The summed E-state index contributed by atoms with van der Waals surface area (Å²) in [6.45, 7) is 23.6. The zero-order valence-electron chi connectivity index (χ0n) is 16.3. The van der Waals surface area contributed by atoms with Crippen LogP contribution in [0.5, 0.6) is 0 Å². The standard InChI is InChI=1S/2C10H15.2ClH.V/c2*1-7-6-10(4,5)9(3)8(7)2;;;/h2*1-5H3;2*1H;. The first kappa shape index (κ1) is 23.1. The molecule has 0 saturated heterocycles. The fourth-order valence-corrected chi connectivity index (χ4v) is 6.50. The minimum absolute atomic E-state index is 0. The van der Waals surface area contributed by atoms with Gasteiger partial charge in [0.1, 0.15) is 0 Å². The number of rotatable bonds is 2. The van der Waals surface area contributed by atoms with Crippen molar-refractivity contribution in [2.75, 3.05) is 0 Å². The predicted octanol–water partition coefficient (Wildman–Crippen LogP) is 7.21. The topological polar surface area (TPSA) is 0 Å². The molecule has 0 radical (unpaired) electrons. The van der Waals surface area contributed by atoms with E-state index in [1.807, 2.05) is 0 Å². The molecule has 0 aromatic carbocycles. The fourth-order valence-electron chi connectivity index (χ4n) is 3.71. The second kappa shape index (κ2) is 7.16. The first-order valence-electron chi connectivity index (χ1n) is 7.95. The predicted molar refractivity (Wildman–Crippen MR) is 104 cm³/mol. The molecule has 23 heavy (non-hydrogen) atoms. The quantitative estimate of drug-likeness (QED) is 0.464. The number of hydrogen-bond acceptors (Lipinski definition) is 0. The van der Waals surface area contributed by atoms with Crippen LogP contribution in [0.1, 0.15) is 69.2 Å². The normalized spacial score (nSPS) is 22.5. The van der Waals surface area contributed by atoms with Crippen LogP contribution in [-0.2, 0) is 16.3 Å². The summed E-state index contributed by atoms with van der Waals surface area (Å²) in [5, 5.41) is 0. The average molecular weight is 394 g/mol. The smallest absolute Gasteiger partial charge is 0.147 e. The van der Waals surface area contributed by atoms with E-state index in [2.05, 4.69) is 69.2 Å². The second-order valence-electron chi connectivity index (χ2n) is 7.81. The maximum atomic E-state index is 2.41. The summed E-state index contributed by atoms with van der Waals surface area (Å²) >= 11 is 0.102. The van der Waals surface area contributed by atoms with Crippen molar-refractivity contribution in [3.63, 3.8) is 0 Å². The summed E-state index contributed by atoms with van der Waals surface area (Å²) in [5.41, 5.74) is 9.83. The maximum Gasteiger partial charge on any atom is -0.147 e. The third kappa shape index (κ3) is 3.30. The molecule has 0 aromatic rings. The van der Waals surface area contributed by atoms with Crippen LogP contribution in [0.3, 0.4) is 0 Å². The minimum atomic E-state index is 0. The van der Waals surface area contributed by atoms with Crippen molar-refractivity contribution < 1.29 is 16.3 Å². The van der Waals surface area contributed by atoms with Crippen LogP contribution < -0.4 is 0 Å². The van der Waals surface area contributed by atoms with E-state index in [4.69, 9.17) is 0 Å². The number of halogens is 2. The molecular weight excluding hydrogens is 362 g/mol. The molecule has 0 heterocycles. The van der Waals surface area contributed by atoms with Crippen molar-refractivity contribution in [3.8, 4) is 0 Å². The largest absolute Gasteiger partial charge is 0.147 e. The molecular formula is C20H32Cl2V. The molecule has 131 valence electrons. The average Bonchev–Trinajstić information content (AvgIpc) is 2.63. The first-order chi connectivity index (χ1) is 9.44. The zero-order valence-corrected chi connectivity index (χ0v) is 19.3. The van der Waals surface area contributed by atoms with Gasteiger partial charge in [-0.2, -0.15) is 0 Å². The van der Waals surface area contributed by atoms with Crippen molar-refractivity contribution >= 4 is 24.8 Å². The molecule has 0 amide bonds. The van der Waals surface area contributed by atoms with Crippen LogP contribution in [0.4, 0.5) is 0 Å². The molecule has 0 N–H and O–H groups in total. The van der Waals surface area contributed by atoms with Gasteiger partial charge in [0.2, 0.25) is 0 Å². The van der Waals surface area contributed by atoms with Gasteiger partial charge in [0.15, 0.2) is 0 Å². The zero-order chi connectivity index (χ0) is 16.3. The summed E-state index contributed by atoms with van der Waals surface area (Å²) in [5.74, 6) is 0. The van der Waals surface area contributed by atoms with Crippen molar-refractivity contribution in [3.05, 3.63) is 42.0 Å². The van der Waals surface area contributed by atoms with E-state index in [0.29, 0.717) is 0 Å². The van der Waals surface area contributed by atoms with Crippen LogP contribution in [0.15, 0.2) is 42.0 Å². The van der Waals surface area contributed by atoms with Crippen molar-refractivity contribution in [2.45, 2.75) is 69.2 Å². The molecule has 3 heteroatoms. The molecule has 0 spiro atoms. The molecule has 0 unspecified atom stereocenters. The monoisotopic (exact) mass is 393 g/mol. The van der Waals surface area contributed by atoms with Gasteiger partial charge in [-0.15, -0.1) is 24.8 Å². The molecule has 0 fully saturated rings. The van der Waals surface area contributed by atoms with Crippen LogP contribution in [0.2, 0.25) is 0 Å². The van der Waals surface area contributed by atoms with Crippen molar-refractivity contribution in [1.82, 2.24) is 0 Å². The van der Waals surface area contributed by atoms with Crippen molar-refractivity contribution in [1.29, 1.82) is 0 Å². The van der Waals surface area contributed by atoms with E-state index in [0.717, 1.165) is 0 Å². The fraction of sp³-hybridized carbons (Fsp3) is 0.600. The summed E-state index contributed by atoms with van der Waals surface area (Å²) in [4.78, 5) is 0. The molecule has 2 rings (SSSR count). The van der Waals surface area contributed by atoms with E-state index < -0.39 is 0 Å². The van der Waals surface area contributed by atoms with E-state index in [1.165, 1.54) is 11.1 Å². The molecule has 2 aliphatic rings. The van der Waals surface area contributed by atoms with Gasteiger partial charge in [-0.05, 0) is 0 Å². The van der Waals surface area contributed by atoms with Crippen LogP contribution in [0, 0.1) is 10.8 Å². The Labute approximate surface area is 162 Å².